The Bertz CT molecular complexity index is 265. The van der Waals surface area contributed by atoms with Gasteiger partial charge in [0, 0.05) is 12.8 Å². The molecule has 0 aromatic heterocycles. The maximum atomic E-state index is 11.2. The van der Waals surface area contributed by atoms with Crippen LogP contribution < -0.4 is 0 Å². The predicted molar refractivity (Wildman–Crippen MR) is 61.2 cm³/mol. The molecule has 0 saturated heterocycles. The highest BCUT2D eigenvalue weighted by Crippen LogP contribution is 2.09. The van der Waals surface area contributed by atoms with Gasteiger partial charge in [0.1, 0.15) is 6.61 Å². The lowest BCUT2D eigenvalue weighted by Crippen LogP contribution is -2.00. The van der Waals surface area contributed by atoms with Gasteiger partial charge in [0.2, 0.25) is 0 Å². The van der Waals surface area contributed by atoms with Gasteiger partial charge in [-0.1, -0.05) is 13.0 Å². The largest absolute Gasteiger partial charge is 0.479 e. The van der Waals surface area contributed by atoms with Gasteiger partial charge in [-0.05, 0) is 25.3 Å². The highest BCUT2D eigenvalue weighted by atomic mass is 16.5. The smallest absolute Gasteiger partial charge is 0.183 e. The molecule has 84 valence electrons. The first-order chi connectivity index (χ1) is 7.20. The van der Waals surface area contributed by atoms with Gasteiger partial charge in [-0.25, -0.2) is 0 Å². The summed E-state index contributed by atoms with van der Waals surface area (Å²) in [6.07, 6.45) is 4.60. The van der Waals surface area contributed by atoms with Crippen LogP contribution in [0.25, 0.3) is 0 Å². The summed E-state index contributed by atoms with van der Waals surface area (Å²) in [6, 6.07) is 0. The summed E-state index contributed by atoms with van der Waals surface area (Å²) < 4.78 is 5.29. The van der Waals surface area contributed by atoms with Gasteiger partial charge in [0.15, 0.2) is 11.7 Å². The average Bonchev–Trinajstić information content (AvgIpc) is 2.69. The normalized spacial score (nSPS) is 14.6. The number of aliphatic imine (C=N–C) groups is 1. The van der Waals surface area contributed by atoms with E-state index in [9.17, 15) is 4.79 Å². The van der Waals surface area contributed by atoms with Crippen molar-refractivity contribution in [2.45, 2.75) is 39.0 Å². The third-order valence-electron chi connectivity index (χ3n) is 2.42. The van der Waals surface area contributed by atoms with Crippen LogP contribution in [0.3, 0.4) is 0 Å². The Morgan fingerprint density at radius 3 is 2.87 bits per heavy atom. The SMILES string of the molecule is C=C(C)C(=O)CCCCCC1=NCCO1. The fourth-order valence-corrected chi connectivity index (χ4v) is 1.48. The van der Waals surface area contributed by atoms with E-state index in [1.165, 1.54) is 0 Å². The summed E-state index contributed by atoms with van der Waals surface area (Å²) in [7, 11) is 0. The maximum Gasteiger partial charge on any atom is 0.183 e. The van der Waals surface area contributed by atoms with Crippen molar-refractivity contribution in [1.29, 1.82) is 0 Å². The van der Waals surface area contributed by atoms with Crippen molar-refractivity contribution in [3.63, 3.8) is 0 Å². The molecular weight excluding hydrogens is 190 g/mol. The number of hydrogen-bond donors (Lipinski definition) is 0. The molecule has 0 N–H and O–H groups in total. The maximum absolute atomic E-state index is 11.2. The molecule has 0 aromatic carbocycles. The molecular formula is C12H19NO2. The van der Waals surface area contributed by atoms with Gasteiger partial charge in [-0.15, -0.1) is 0 Å². The van der Waals surface area contributed by atoms with Crippen LogP contribution in [0.2, 0.25) is 0 Å². The van der Waals surface area contributed by atoms with Crippen LogP contribution in [0.4, 0.5) is 0 Å². The van der Waals surface area contributed by atoms with Crippen LogP contribution in [0.5, 0.6) is 0 Å². The molecule has 0 radical (unpaired) electrons. The topological polar surface area (TPSA) is 38.7 Å². The molecule has 0 saturated carbocycles. The van der Waals surface area contributed by atoms with Crippen molar-refractivity contribution in [3.8, 4) is 0 Å². The summed E-state index contributed by atoms with van der Waals surface area (Å²) >= 11 is 0. The summed E-state index contributed by atoms with van der Waals surface area (Å²) in [5.41, 5.74) is 0.665. The third kappa shape index (κ3) is 4.77. The molecule has 1 rings (SSSR count). The van der Waals surface area contributed by atoms with Crippen LogP contribution in [-0.2, 0) is 9.53 Å². The van der Waals surface area contributed by atoms with E-state index in [1.54, 1.807) is 6.92 Å². The number of Topliss-reactive ketones (excluding diaryl/α,β-unsaturated/α-hetero) is 1. The summed E-state index contributed by atoms with van der Waals surface area (Å²) in [5, 5.41) is 0. The first-order valence-electron chi connectivity index (χ1n) is 5.55. The standard InChI is InChI=1S/C12H19NO2/c1-10(2)11(14)6-4-3-5-7-12-13-8-9-15-12/h1,3-9H2,2H3. The van der Waals surface area contributed by atoms with E-state index >= 15 is 0 Å². The minimum Gasteiger partial charge on any atom is -0.479 e. The zero-order valence-corrected chi connectivity index (χ0v) is 9.42. The van der Waals surface area contributed by atoms with Crippen molar-refractivity contribution in [3.05, 3.63) is 12.2 Å². The van der Waals surface area contributed by atoms with Gasteiger partial charge < -0.3 is 4.74 Å². The Morgan fingerprint density at radius 1 is 1.47 bits per heavy atom. The molecule has 0 aliphatic carbocycles. The summed E-state index contributed by atoms with van der Waals surface area (Å²) in [4.78, 5) is 15.4. The van der Waals surface area contributed by atoms with E-state index in [2.05, 4.69) is 11.6 Å². The second-order valence-corrected chi connectivity index (χ2v) is 3.89. The number of allylic oxidation sites excluding steroid dienone is 1. The Balaban J connectivity index is 1.97. The molecule has 0 spiro atoms. The van der Waals surface area contributed by atoms with Crippen molar-refractivity contribution in [1.82, 2.24) is 0 Å². The van der Waals surface area contributed by atoms with Crippen LogP contribution in [0.1, 0.15) is 39.0 Å². The lowest BCUT2D eigenvalue weighted by Gasteiger charge is -2.01. The van der Waals surface area contributed by atoms with Gasteiger partial charge >= 0.3 is 0 Å². The lowest BCUT2D eigenvalue weighted by molar-refractivity contribution is -0.115. The number of ketones is 1. The Kier molecular flexibility index (Phi) is 5.08. The summed E-state index contributed by atoms with van der Waals surface area (Å²) in [5.74, 6) is 1.07. The molecule has 1 heterocycles. The Morgan fingerprint density at radius 2 is 2.27 bits per heavy atom. The molecule has 0 bridgehead atoms. The number of rotatable bonds is 7. The Hall–Kier alpha value is -1.12. The Labute approximate surface area is 91.2 Å². The second kappa shape index (κ2) is 6.38. The van der Waals surface area contributed by atoms with E-state index in [0.29, 0.717) is 12.0 Å². The summed E-state index contributed by atoms with van der Waals surface area (Å²) in [6.45, 7) is 6.94. The molecule has 1 aliphatic heterocycles. The molecule has 3 nitrogen and oxygen atoms in total. The van der Waals surface area contributed by atoms with Crippen LogP contribution >= 0.6 is 0 Å². The number of nitrogens with zero attached hydrogens (tertiary/aromatic N) is 1. The molecule has 0 atom stereocenters. The van der Waals surface area contributed by atoms with E-state index in [-0.39, 0.29) is 5.78 Å². The highest BCUT2D eigenvalue weighted by molar-refractivity contribution is 5.93. The predicted octanol–water partition coefficient (Wildman–Crippen LogP) is 2.51. The fourth-order valence-electron chi connectivity index (χ4n) is 1.48. The van der Waals surface area contributed by atoms with E-state index in [1.807, 2.05) is 0 Å². The minimum atomic E-state index is 0.185. The molecule has 1 aliphatic rings. The first kappa shape index (κ1) is 12.0. The molecule has 0 aromatic rings. The first-order valence-corrected chi connectivity index (χ1v) is 5.55. The zero-order chi connectivity index (χ0) is 11.1. The van der Waals surface area contributed by atoms with Gasteiger partial charge in [-0.2, -0.15) is 0 Å². The number of carbonyl (C=O) groups excluding carboxylic acids is 1. The second-order valence-electron chi connectivity index (χ2n) is 3.89. The molecule has 3 heteroatoms. The van der Waals surface area contributed by atoms with Crippen LogP contribution in [0.15, 0.2) is 17.1 Å². The van der Waals surface area contributed by atoms with E-state index in [0.717, 1.165) is 44.7 Å². The number of carbonyl (C=O) groups is 1. The fraction of sp³-hybridized carbons (Fsp3) is 0.667. The van der Waals surface area contributed by atoms with Gasteiger partial charge in [0.05, 0.1) is 6.54 Å². The monoisotopic (exact) mass is 209 g/mol. The quantitative estimate of drug-likeness (QED) is 0.477. The number of ether oxygens (including phenoxy) is 1. The van der Waals surface area contributed by atoms with Crippen LogP contribution in [0, 0.1) is 0 Å². The molecule has 0 fully saturated rings. The van der Waals surface area contributed by atoms with E-state index < -0.39 is 0 Å². The van der Waals surface area contributed by atoms with Crippen molar-refractivity contribution in [2.75, 3.05) is 13.2 Å². The zero-order valence-electron chi connectivity index (χ0n) is 9.42. The van der Waals surface area contributed by atoms with Gasteiger partial charge in [-0.3, -0.25) is 9.79 Å². The molecule has 0 amide bonds. The van der Waals surface area contributed by atoms with Crippen molar-refractivity contribution >= 4 is 11.7 Å². The highest BCUT2D eigenvalue weighted by Gasteiger charge is 2.06. The van der Waals surface area contributed by atoms with Crippen LogP contribution in [-0.4, -0.2) is 24.8 Å². The van der Waals surface area contributed by atoms with Crippen molar-refractivity contribution < 1.29 is 9.53 Å². The lowest BCUT2D eigenvalue weighted by atomic mass is 10.1. The minimum absolute atomic E-state index is 0.185. The number of unbranched alkanes of at least 4 members (excludes halogenated alkanes) is 2. The number of hydrogen-bond acceptors (Lipinski definition) is 3. The van der Waals surface area contributed by atoms with Crippen molar-refractivity contribution in [2.24, 2.45) is 4.99 Å². The average molecular weight is 209 g/mol. The molecule has 15 heavy (non-hydrogen) atoms. The van der Waals surface area contributed by atoms with E-state index in [4.69, 9.17) is 4.74 Å². The molecule has 0 unspecified atom stereocenters. The third-order valence-corrected chi connectivity index (χ3v) is 2.42. The van der Waals surface area contributed by atoms with Gasteiger partial charge in [0.25, 0.3) is 0 Å².